The zero-order chi connectivity index (χ0) is 22.9. The van der Waals surface area contributed by atoms with Crippen molar-refractivity contribution in [3.63, 3.8) is 0 Å². The first-order valence-electron chi connectivity index (χ1n) is 9.66. The number of alkyl halides is 3. The van der Waals surface area contributed by atoms with E-state index in [4.69, 9.17) is 9.47 Å². The first kappa shape index (κ1) is 22.3. The van der Waals surface area contributed by atoms with E-state index in [-0.39, 0.29) is 39.6 Å². The van der Waals surface area contributed by atoms with E-state index in [0.717, 1.165) is 23.0 Å². The number of pyridine rings is 1. The molecule has 0 saturated heterocycles. The van der Waals surface area contributed by atoms with Crippen LogP contribution in [0.1, 0.15) is 26.4 Å². The van der Waals surface area contributed by atoms with Gasteiger partial charge in [0, 0.05) is 5.39 Å². The molecule has 0 unspecified atom stereocenters. The highest BCUT2D eigenvalue weighted by atomic mass is 32.1. The molecule has 4 rings (SSSR count). The van der Waals surface area contributed by atoms with Crippen molar-refractivity contribution >= 4 is 38.9 Å². The Kier molecular flexibility index (Phi) is 6.21. The molecular formula is C23H18F3NO3S2. The van der Waals surface area contributed by atoms with Gasteiger partial charge in [-0.05, 0) is 49.1 Å². The summed E-state index contributed by atoms with van der Waals surface area (Å²) in [4.78, 5) is 17.9. The minimum Gasteiger partial charge on any atom is -0.490 e. The SMILES string of the molecule is Cc1ccc(OCCOC(=O)c2sc3nc(-c4cccs4)cc(C(F)(F)F)c3c2C)cc1. The van der Waals surface area contributed by atoms with E-state index in [1.54, 1.807) is 17.5 Å². The number of carbonyl (C=O) groups is 1. The molecule has 0 aliphatic heterocycles. The van der Waals surface area contributed by atoms with Gasteiger partial charge in [-0.3, -0.25) is 0 Å². The molecule has 166 valence electrons. The van der Waals surface area contributed by atoms with Crippen molar-refractivity contribution in [2.45, 2.75) is 20.0 Å². The van der Waals surface area contributed by atoms with Crippen LogP contribution in [-0.2, 0) is 10.9 Å². The minimum atomic E-state index is -4.58. The Bertz CT molecular complexity index is 1250. The lowest BCUT2D eigenvalue weighted by Crippen LogP contribution is -2.12. The largest absolute Gasteiger partial charge is 0.490 e. The Hall–Kier alpha value is -2.91. The molecule has 0 aliphatic carbocycles. The summed E-state index contributed by atoms with van der Waals surface area (Å²) in [5.74, 6) is -0.0476. The van der Waals surface area contributed by atoms with Crippen molar-refractivity contribution in [1.29, 1.82) is 0 Å². The molecule has 9 heteroatoms. The Morgan fingerprint density at radius 1 is 1.09 bits per heavy atom. The molecule has 0 saturated carbocycles. The zero-order valence-corrected chi connectivity index (χ0v) is 18.8. The van der Waals surface area contributed by atoms with Crippen molar-refractivity contribution < 1.29 is 27.4 Å². The molecule has 0 spiro atoms. The van der Waals surface area contributed by atoms with Crippen molar-refractivity contribution in [3.8, 4) is 16.3 Å². The number of hydrogen-bond donors (Lipinski definition) is 0. The van der Waals surface area contributed by atoms with Crippen LogP contribution in [0.5, 0.6) is 5.75 Å². The number of carbonyl (C=O) groups excluding carboxylic acids is 1. The molecule has 0 N–H and O–H groups in total. The second-order valence-corrected chi connectivity index (χ2v) is 9.01. The lowest BCUT2D eigenvalue weighted by Gasteiger charge is -2.11. The summed E-state index contributed by atoms with van der Waals surface area (Å²) in [5, 5.41) is 1.71. The fourth-order valence-electron chi connectivity index (χ4n) is 3.21. The number of halogens is 3. The number of ether oxygens (including phenoxy) is 2. The average molecular weight is 478 g/mol. The van der Waals surface area contributed by atoms with Crippen molar-refractivity contribution in [3.05, 3.63) is 69.4 Å². The first-order chi connectivity index (χ1) is 15.2. The number of benzene rings is 1. The molecule has 3 aromatic heterocycles. The third kappa shape index (κ3) is 4.63. The number of aromatic nitrogens is 1. The molecule has 0 atom stereocenters. The number of rotatable bonds is 6. The Morgan fingerprint density at radius 2 is 1.84 bits per heavy atom. The van der Waals surface area contributed by atoms with Gasteiger partial charge >= 0.3 is 12.1 Å². The van der Waals surface area contributed by atoms with Gasteiger partial charge in [-0.25, -0.2) is 9.78 Å². The second-order valence-electron chi connectivity index (χ2n) is 7.06. The third-order valence-electron chi connectivity index (χ3n) is 4.77. The van der Waals surface area contributed by atoms with Crippen LogP contribution in [0.15, 0.2) is 47.8 Å². The number of esters is 1. The Labute approximate surface area is 190 Å². The molecule has 0 aliphatic rings. The standard InChI is InChI=1S/C23H18F3NO3S2/c1-13-5-7-15(8-6-13)29-9-10-30-22(28)20-14(2)19-16(23(24,25)26)12-17(27-21(19)32-20)18-4-3-11-31-18/h3-8,11-12H,9-10H2,1-2H3. The van der Waals surface area contributed by atoms with E-state index in [0.29, 0.717) is 10.6 Å². The molecular weight excluding hydrogens is 459 g/mol. The van der Waals surface area contributed by atoms with E-state index in [1.807, 2.05) is 31.2 Å². The predicted octanol–water partition coefficient (Wildman–Crippen LogP) is 6.90. The van der Waals surface area contributed by atoms with Gasteiger partial charge in [0.25, 0.3) is 0 Å². The van der Waals surface area contributed by atoms with Crippen LogP contribution in [-0.4, -0.2) is 24.2 Å². The lowest BCUT2D eigenvalue weighted by molar-refractivity contribution is -0.136. The van der Waals surface area contributed by atoms with Gasteiger partial charge in [-0.15, -0.1) is 22.7 Å². The number of hydrogen-bond acceptors (Lipinski definition) is 6. The number of aryl methyl sites for hydroxylation is 2. The quantitative estimate of drug-likeness (QED) is 0.224. The van der Waals surface area contributed by atoms with Crippen LogP contribution in [0.4, 0.5) is 13.2 Å². The summed E-state index contributed by atoms with van der Waals surface area (Å²) in [6.45, 7) is 3.55. The fraction of sp³-hybridized carbons (Fsp3) is 0.217. The molecule has 3 heterocycles. The van der Waals surface area contributed by atoms with Gasteiger partial charge in [0.2, 0.25) is 0 Å². The van der Waals surface area contributed by atoms with Gasteiger partial charge in [0.15, 0.2) is 0 Å². The predicted molar refractivity (Wildman–Crippen MR) is 120 cm³/mol. The van der Waals surface area contributed by atoms with Crippen LogP contribution >= 0.6 is 22.7 Å². The van der Waals surface area contributed by atoms with Gasteiger partial charge in [-0.2, -0.15) is 13.2 Å². The third-order valence-corrected chi connectivity index (χ3v) is 6.83. The smallest absolute Gasteiger partial charge is 0.417 e. The minimum absolute atomic E-state index is 0.0274. The van der Waals surface area contributed by atoms with E-state index in [2.05, 4.69) is 4.98 Å². The number of nitrogens with zero attached hydrogens (tertiary/aromatic N) is 1. The van der Waals surface area contributed by atoms with Crippen LogP contribution in [0.25, 0.3) is 20.8 Å². The topological polar surface area (TPSA) is 48.4 Å². The number of fused-ring (bicyclic) bond motifs is 1. The Morgan fingerprint density at radius 3 is 2.50 bits per heavy atom. The van der Waals surface area contributed by atoms with E-state index >= 15 is 0 Å². The summed E-state index contributed by atoms with van der Waals surface area (Å²) < 4.78 is 52.2. The maximum absolute atomic E-state index is 13.8. The molecule has 1 aromatic carbocycles. The highest BCUT2D eigenvalue weighted by molar-refractivity contribution is 7.20. The monoisotopic (exact) mass is 477 g/mol. The maximum Gasteiger partial charge on any atom is 0.417 e. The lowest BCUT2D eigenvalue weighted by atomic mass is 10.1. The van der Waals surface area contributed by atoms with Gasteiger partial charge in [0.1, 0.15) is 28.7 Å². The number of thiophene rings is 2. The molecule has 4 aromatic rings. The fourth-order valence-corrected chi connectivity index (χ4v) is 4.99. The molecule has 0 fully saturated rings. The van der Waals surface area contributed by atoms with Crippen LogP contribution in [0.2, 0.25) is 0 Å². The molecule has 0 amide bonds. The first-order valence-corrected chi connectivity index (χ1v) is 11.4. The van der Waals surface area contributed by atoms with Gasteiger partial charge in [-0.1, -0.05) is 23.8 Å². The summed E-state index contributed by atoms with van der Waals surface area (Å²) in [7, 11) is 0. The highest BCUT2D eigenvalue weighted by Crippen LogP contribution is 2.42. The summed E-state index contributed by atoms with van der Waals surface area (Å²) >= 11 is 2.21. The molecule has 0 radical (unpaired) electrons. The summed E-state index contributed by atoms with van der Waals surface area (Å²) in [6.07, 6.45) is -4.58. The maximum atomic E-state index is 13.8. The molecule has 32 heavy (non-hydrogen) atoms. The van der Waals surface area contributed by atoms with E-state index < -0.39 is 17.7 Å². The molecule has 4 nitrogen and oxygen atoms in total. The molecule has 0 bridgehead atoms. The van der Waals surface area contributed by atoms with E-state index in [9.17, 15) is 18.0 Å². The van der Waals surface area contributed by atoms with Crippen molar-refractivity contribution in [2.24, 2.45) is 0 Å². The summed E-state index contributed by atoms with van der Waals surface area (Å²) in [5.41, 5.74) is 0.735. The second kappa shape index (κ2) is 8.91. The summed E-state index contributed by atoms with van der Waals surface area (Å²) in [6, 6.07) is 11.9. The van der Waals surface area contributed by atoms with Crippen molar-refractivity contribution in [1.82, 2.24) is 4.98 Å². The highest BCUT2D eigenvalue weighted by Gasteiger charge is 2.36. The average Bonchev–Trinajstić information content (AvgIpc) is 3.39. The zero-order valence-electron chi connectivity index (χ0n) is 17.2. The van der Waals surface area contributed by atoms with Crippen LogP contribution in [0, 0.1) is 13.8 Å². The van der Waals surface area contributed by atoms with E-state index in [1.165, 1.54) is 18.3 Å². The Balaban J connectivity index is 1.56. The van der Waals surface area contributed by atoms with Crippen molar-refractivity contribution in [2.75, 3.05) is 13.2 Å². The normalized spacial score (nSPS) is 11.7. The van der Waals surface area contributed by atoms with Gasteiger partial charge in [0.05, 0.1) is 16.1 Å². The van der Waals surface area contributed by atoms with Crippen LogP contribution in [0.3, 0.4) is 0 Å². The van der Waals surface area contributed by atoms with Crippen LogP contribution < -0.4 is 4.74 Å². The van der Waals surface area contributed by atoms with Gasteiger partial charge < -0.3 is 9.47 Å².